The van der Waals surface area contributed by atoms with E-state index in [0.29, 0.717) is 0 Å². The first kappa shape index (κ1) is 12.1. The lowest BCUT2D eigenvalue weighted by Gasteiger charge is -2.31. The lowest BCUT2D eigenvalue weighted by atomic mass is 9.89. The Labute approximate surface area is 102 Å². The van der Waals surface area contributed by atoms with Crippen LogP contribution < -0.4 is 11.1 Å². The van der Waals surface area contributed by atoms with E-state index >= 15 is 0 Å². The Hall–Kier alpha value is -1.39. The highest BCUT2D eigenvalue weighted by Gasteiger charge is 2.25. The number of nitrogens with zero attached hydrogens (tertiary/aromatic N) is 2. The molecule has 0 radical (unpaired) electrons. The van der Waals surface area contributed by atoms with E-state index in [-0.39, 0.29) is 11.6 Å². The van der Waals surface area contributed by atoms with E-state index in [9.17, 15) is 0 Å². The van der Waals surface area contributed by atoms with Gasteiger partial charge in [-0.05, 0) is 38.6 Å². The van der Waals surface area contributed by atoms with Crippen molar-refractivity contribution >= 4 is 11.0 Å². The number of benzene rings is 1. The van der Waals surface area contributed by atoms with Gasteiger partial charge in [0.2, 0.25) is 0 Å². The molecule has 0 aliphatic carbocycles. The van der Waals surface area contributed by atoms with Crippen molar-refractivity contribution in [2.75, 3.05) is 7.05 Å². The molecule has 1 aromatic heterocycles. The first-order valence-corrected chi connectivity index (χ1v) is 5.81. The molecule has 1 aromatic carbocycles. The molecular formula is C13H20N4. The van der Waals surface area contributed by atoms with E-state index in [1.807, 2.05) is 25.0 Å². The van der Waals surface area contributed by atoms with Crippen LogP contribution in [0.2, 0.25) is 0 Å². The lowest BCUT2D eigenvalue weighted by molar-refractivity contribution is 0.349. The predicted molar refractivity (Wildman–Crippen MR) is 70.8 cm³/mol. The third kappa shape index (κ3) is 2.06. The second kappa shape index (κ2) is 4.13. The number of fused-ring (bicyclic) bond motifs is 1. The molecule has 0 saturated heterocycles. The number of imidazole rings is 1. The van der Waals surface area contributed by atoms with E-state index in [4.69, 9.17) is 5.73 Å². The maximum absolute atomic E-state index is 6.28. The highest BCUT2D eigenvalue weighted by molar-refractivity contribution is 5.76. The summed E-state index contributed by atoms with van der Waals surface area (Å²) in [6.07, 6.45) is 1.82. The van der Waals surface area contributed by atoms with Crippen LogP contribution in [0.3, 0.4) is 0 Å². The highest BCUT2D eigenvalue weighted by Crippen LogP contribution is 2.25. The minimum Gasteiger partial charge on any atom is -0.334 e. The second-order valence-corrected chi connectivity index (χ2v) is 5.05. The van der Waals surface area contributed by atoms with Gasteiger partial charge in [-0.3, -0.25) is 0 Å². The van der Waals surface area contributed by atoms with E-state index in [2.05, 4.69) is 42.3 Å². The number of aryl methyl sites for hydroxylation is 1. The van der Waals surface area contributed by atoms with Crippen LogP contribution in [0.25, 0.3) is 11.0 Å². The maximum atomic E-state index is 6.28. The molecule has 0 spiro atoms. The fraction of sp³-hybridized carbons (Fsp3) is 0.462. The molecule has 2 rings (SSSR count). The van der Waals surface area contributed by atoms with Crippen LogP contribution in [0.1, 0.15) is 25.5 Å². The summed E-state index contributed by atoms with van der Waals surface area (Å²) in [7, 11) is 3.92. The molecule has 4 nitrogen and oxygen atoms in total. The summed E-state index contributed by atoms with van der Waals surface area (Å²) in [6.45, 7) is 4.20. The third-order valence-electron chi connectivity index (χ3n) is 3.53. The number of nitrogens with two attached hydrogens (primary N) is 1. The molecule has 0 aliphatic rings. The van der Waals surface area contributed by atoms with Crippen LogP contribution in [-0.2, 0) is 7.05 Å². The Morgan fingerprint density at radius 2 is 2.12 bits per heavy atom. The zero-order valence-electron chi connectivity index (χ0n) is 10.9. The van der Waals surface area contributed by atoms with Crippen molar-refractivity contribution in [1.82, 2.24) is 14.9 Å². The summed E-state index contributed by atoms with van der Waals surface area (Å²) >= 11 is 0. The summed E-state index contributed by atoms with van der Waals surface area (Å²) in [6, 6.07) is 6.16. The second-order valence-electron chi connectivity index (χ2n) is 5.05. The first-order chi connectivity index (χ1) is 7.95. The average molecular weight is 232 g/mol. The number of rotatable bonds is 3. The monoisotopic (exact) mass is 232 g/mol. The molecule has 2 aromatic rings. The van der Waals surface area contributed by atoms with Crippen LogP contribution in [-0.4, -0.2) is 22.1 Å². The molecule has 92 valence electrons. The molecule has 17 heavy (non-hydrogen) atoms. The van der Waals surface area contributed by atoms with Crippen LogP contribution in [0.5, 0.6) is 0 Å². The SMILES string of the molecule is CNC(C)(C)C(N)c1ccc2c(c1)ncn2C. The zero-order valence-corrected chi connectivity index (χ0v) is 10.9. The molecular weight excluding hydrogens is 212 g/mol. The molecule has 0 amide bonds. The van der Waals surface area contributed by atoms with Crippen molar-refractivity contribution in [2.24, 2.45) is 12.8 Å². The van der Waals surface area contributed by atoms with Crippen LogP contribution in [0, 0.1) is 0 Å². The van der Waals surface area contributed by atoms with E-state index in [1.54, 1.807) is 0 Å². The standard InChI is InChI=1S/C13H20N4/c1-13(2,15-3)12(14)9-5-6-11-10(7-9)16-8-17(11)4/h5-8,12,15H,14H2,1-4H3. The van der Waals surface area contributed by atoms with Gasteiger partial charge in [0.15, 0.2) is 0 Å². The zero-order chi connectivity index (χ0) is 12.6. The number of aromatic nitrogens is 2. The molecule has 4 heteroatoms. The summed E-state index contributed by atoms with van der Waals surface area (Å²) in [5.41, 5.74) is 9.38. The maximum Gasteiger partial charge on any atom is 0.0955 e. The van der Waals surface area contributed by atoms with Gasteiger partial charge in [0.1, 0.15) is 0 Å². The summed E-state index contributed by atoms with van der Waals surface area (Å²) < 4.78 is 2.01. The molecule has 1 atom stereocenters. The van der Waals surface area contributed by atoms with Gasteiger partial charge in [-0.15, -0.1) is 0 Å². The van der Waals surface area contributed by atoms with Gasteiger partial charge < -0.3 is 15.6 Å². The Bertz CT molecular complexity index is 527. The largest absolute Gasteiger partial charge is 0.334 e. The minimum atomic E-state index is -0.136. The first-order valence-electron chi connectivity index (χ1n) is 5.81. The highest BCUT2D eigenvalue weighted by atomic mass is 15.0. The van der Waals surface area contributed by atoms with Gasteiger partial charge in [-0.1, -0.05) is 6.07 Å². The molecule has 0 bridgehead atoms. The third-order valence-corrected chi connectivity index (χ3v) is 3.53. The van der Waals surface area contributed by atoms with Crippen molar-refractivity contribution < 1.29 is 0 Å². The van der Waals surface area contributed by atoms with Gasteiger partial charge in [0.25, 0.3) is 0 Å². The number of likely N-dealkylation sites (N-methyl/N-ethyl adjacent to an activating group) is 1. The molecule has 0 fully saturated rings. The van der Waals surface area contributed by atoms with Crippen molar-refractivity contribution in [3.63, 3.8) is 0 Å². The summed E-state index contributed by atoms with van der Waals surface area (Å²) in [4.78, 5) is 4.36. The fourth-order valence-electron chi connectivity index (χ4n) is 1.92. The van der Waals surface area contributed by atoms with E-state index in [0.717, 1.165) is 16.6 Å². The van der Waals surface area contributed by atoms with Crippen LogP contribution in [0.4, 0.5) is 0 Å². The molecule has 0 aliphatic heterocycles. The molecule has 0 saturated carbocycles. The molecule has 1 heterocycles. The Morgan fingerprint density at radius 1 is 1.41 bits per heavy atom. The smallest absolute Gasteiger partial charge is 0.0955 e. The number of hydrogen-bond donors (Lipinski definition) is 2. The van der Waals surface area contributed by atoms with Gasteiger partial charge in [-0.2, -0.15) is 0 Å². The van der Waals surface area contributed by atoms with Crippen molar-refractivity contribution in [2.45, 2.75) is 25.4 Å². The average Bonchev–Trinajstić information content (AvgIpc) is 2.69. The van der Waals surface area contributed by atoms with E-state index < -0.39 is 0 Å². The van der Waals surface area contributed by atoms with Gasteiger partial charge in [-0.25, -0.2) is 4.98 Å². The summed E-state index contributed by atoms with van der Waals surface area (Å²) in [5, 5.41) is 3.24. The van der Waals surface area contributed by atoms with Crippen LogP contribution in [0.15, 0.2) is 24.5 Å². The van der Waals surface area contributed by atoms with Crippen molar-refractivity contribution in [3.8, 4) is 0 Å². The van der Waals surface area contributed by atoms with Gasteiger partial charge >= 0.3 is 0 Å². The Morgan fingerprint density at radius 3 is 2.76 bits per heavy atom. The Balaban J connectivity index is 2.43. The normalized spacial score (nSPS) is 14.2. The Kier molecular flexibility index (Phi) is 2.93. The van der Waals surface area contributed by atoms with Gasteiger partial charge in [0.05, 0.1) is 17.4 Å². The number of nitrogens with one attached hydrogen (secondary N) is 1. The quantitative estimate of drug-likeness (QED) is 0.844. The number of hydrogen-bond acceptors (Lipinski definition) is 3. The van der Waals surface area contributed by atoms with Crippen molar-refractivity contribution in [3.05, 3.63) is 30.1 Å². The van der Waals surface area contributed by atoms with Crippen LogP contribution >= 0.6 is 0 Å². The summed E-state index contributed by atoms with van der Waals surface area (Å²) in [5.74, 6) is 0. The molecule has 3 N–H and O–H groups in total. The fourth-order valence-corrected chi connectivity index (χ4v) is 1.92. The topological polar surface area (TPSA) is 55.9 Å². The van der Waals surface area contributed by atoms with Gasteiger partial charge in [0, 0.05) is 18.6 Å². The van der Waals surface area contributed by atoms with E-state index in [1.165, 1.54) is 0 Å². The predicted octanol–water partition coefficient (Wildman–Crippen LogP) is 1.57. The molecule has 1 unspecified atom stereocenters. The lowest BCUT2D eigenvalue weighted by Crippen LogP contribution is -2.46. The minimum absolute atomic E-state index is 0.0566. The van der Waals surface area contributed by atoms with Crippen molar-refractivity contribution in [1.29, 1.82) is 0 Å².